The molecule has 0 fully saturated rings. The van der Waals surface area contributed by atoms with Crippen LogP contribution in [0.2, 0.25) is 0 Å². The highest BCUT2D eigenvalue weighted by Gasteiger charge is 2.06. The molecular formula is C25H34N4O3S. The normalized spacial score (nSPS) is 10.6. The number of nitrogens with zero attached hydrogens (tertiary/aromatic N) is 1. The fraction of sp³-hybridized carbons (Fsp3) is 0.240. The zero-order valence-corrected chi connectivity index (χ0v) is 20.4. The van der Waals surface area contributed by atoms with E-state index in [1.807, 2.05) is 55.6 Å². The van der Waals surface area contributed by atoms with E-state index < -0.39 is 0 Å². The molecule has 0 atom stereocenters. The predicted molar refractivity (Wildman–Crippen MR) is 142 cm³/mol. The number of hydrogen-bond acceptors (Lipinski definition) is 8. The first-order valence-corrected chi connectivity index (χ1v) is 11.2. The summed E-state index contributed by atoms with van der Waals surface area (Å²) < 4.78 is 15.4. The van der Waals surface area contributed by atoms with Crippen molar-refractivity contribution in [1.29, 1.82) is 0 Å². The molecule has 33 heavy (non-hydrogen) atoms. The number of rotatable bonds is 13. The molecule has 2 rings (SSSR count). The average molecular weight is 471 g/mol. The lowest BCUT2D eigenvalue weighted by Gasteiger charge is -2.12. The van der Waals surface area contributed by atoms with Gasteiger partial charge in [-0.25, -0.2) is 0 Å². The van der Waals surface area contributed by atoms with Crippen LogP contribution in [0, 0.1) is 0 Å². The van der Waals surface area contributed by atoms with Gasteiger partial charge in [0.1, 0.15) is 23.8 Å². The number of nitrogens with two attached hydrogens (primary N) is 1. The Hall–Kier alpha value is -3.36. The molecule has 0 bridgehead atoms. The van der Waals surface area contributed by atoms with Crippen molar-refractivity contribution in [3.63, 3.8) is 0 Å². The van der Waals surface area contributed by atoms with E-state index in [9.17, 15) is 0 Å². The number of nitrogens with one attached hydrogen (secondary N) is 2. The zero-order valence-electron chi connectivity index (χ0n) is 19.6. The lowest BCUT2D eigenvalue weighted by atomic mass is 10.2. The minimum Gasteiger partial charge on any atom is -0.497 e. The molecular weight excluding hydrogens is 436 g/mol. The van der Waals surface area contributed by atoms with Gasteiger partial charge < -0.3 is 30.6 Å². The Morgan fingerprint density at radius 2 is 1.70 bits per heavy atom. The van der Waals surface area contributed by atoms with Crippen molar-refractivity contribution in [3.05, 3.63) is 83.7 Å². The minimum atomic E-state index is 0.384. The molecule has 2 aromatic carbocycles. The van der Waals surface area contributed by atoms with Crippen LogP contribution in [0.4, 0.5) is 5.69 Å². The number of hydrogen-bond donors (Lipinski definition) is 3. The van der Waals surface area contributed by atoms with Crippen LogP contribution in [0.5, 0.6) is 11.5 Å². The standard InChI is InChI=1S/C16H24N4O2S.C9H10O/c1-12(17)15(18-2)16(19-3)23-11-20-13-5-7-14(8-6-13)22-10-9-21-4;1-3-8-4-6-9(10-2)7-5-8/h5-8,19-20H,1-2,9-11,17H2,3-4H3;3-7H,1H2,2H3/b16-15-;. The van der Waals surface area contributed by atoms with Gasteiger partial charge in [0.25, 0.3) is 0 Å². The molecule has 0 saturated heterocycles. The molecule has 4 N–H and O–H groups in total. The highest BCUT2D eigenvalue weighted by molar-refractivity contribution is 8.03. The van der Waals surface area contributed by atoms with Crippen molar-refractivity contribution in [2.45, 2.75) is 0 Å². The van der Waals surface area contributed by atoms with Crippen LogP contribution in [0.3, 0.4) is 0 Å². The van der Waals surface area contributed by atoms with Gasteiger partial charge in [0.05, 0.1) is 30.3 Å². The lowest BCUT2D eigenvalue weighted by Crippen LogP contribution is -2.11. The second-order valence-corrected chi connectivity index (χ2v) is 7.41. The quantitative estimate of drug-likeness (QED) is 0.169. The maximum absolute atomic E-state index is 5.69. The van der Waals surface area contributed by atoms with Gasteiger partial charge in [-0.3, -0.25) is 4.99 Å². The maximum Gasteiger partial charge on any atom is 0.119 e. The molecule has 7 nitrogen and oxygen atoms in total. The van der Waals surface area contributed by atoms with Gasteiger partial charge in [-0.2, -0.15) is 0 Å². The molecule has 0 aromatic heterocycles. The van der Waals surface area contributed by atoms with E-state index in [-0.39, 0.29) is 0 Å². The van der Waals surface area contributed by atoms with Crippen LogP contribution in [0.15, 0.2) is 83.1 Å². The van der Waals surface area contributed by atoms with Gasteiger partial charge in [-0.15, -0.1) is 0 Å². The number of methoxy groups -OCH3 is 2. The van der Waals surface area contributed by atoms with Crippen molar-refractivity contribution in [1.82, 2.24) is 5.32 Å². The third kappa shape index (κ3) is 10.7. The van der Waals surface area contributed by atoms with Crippen molar-refractivity contribution < 1.29 is 14.2 Å². The van der Waals surface area contributed by atoms with Crippen molar-refractivity contribution in [3.8, 4) is 11.5 Å². The lowest BCUT2D eigenvalue weighted by molar-refractivity contribution is 0.146. The molecule has 0 spiro atoms. The molecule has 0 heterocycles. The van der Waals surface area contributed by atoms with Crippen LogP contribution in [0.25, 0.3) is 6.08 Å². The molecule has 0 saturated carbocycles. The van der Waals surface area contributed by atoms with Crippen molar-refractivity contribution in [2.24, 2.45) is 10.7 Å². The van der Waals surface area contributed by atoms with Crippen molar-refractivity contribution >= 4 is 30.2 Å². The number of benzene rings is 2. The van der Waals surface area contributed by atoms with Crippen molar-refractivity contribution in [2.75, 3.05) is 45.7 Å². The van der Waals surface area contributed by atoms with Crippen LogP contribution >= 0.6 is 11.8 Å². The first kappa shape index (κ1) is 27.7. The molecule has 0 aliphatic heterocycles. The van der Waals surface area contributed by atoms with E-state index in [2.05, 4.69) is 35.5 Å². The second kappa shape index (κ2) is 16.3. The first-order valence-electron chi connectivity index (χ1n) is 10.2. The molecule has 0 aliphatic carbocycles. The van der Waals surface area contributed by atoms with E-state index in [1.165, 1.54) is 11.8 Å². The smallest absolute Gasteiger partial charge is 0.119 e. The Balaban J connectivity index is 0.000000451. The fourth-order valence-corrected chi connectivity index (χ4v) is 3.28. The second-order valence-electron chi connectivity index (χ2n) is 6.42. The van der Waals surface area contributed by atoms with Gasteiger partial charge in [0, 0.05) is 19.8 Å². The van der Waals surface area contributed by atoms with Crippen LogP contribution in [0.1, 0.15) is 5.56 Å². The van der Waals surface area contributed by atoms with Gasteiger partial charge in [0.2, 0.25) is 0 Å². The van der Waals surface area contributed by atoms with Gasteiger partial charge >= 0.3 is 0 Å². The molecule has 2 aromatic rings. The third-order valence-corrected chi connectivity index (χ3v) is 5.13. The molecule has 0 radical (unpaired) electrons. The Morgan fingerprint density at radius 3 is 2.18 bits per heavy atom. The Kier molecular flexibility index (Phi) is 13.7. The summed E-state index contributed by atoms with van der Waals surface area (Å²) in [6, 6.07) is 15.5. The van der Waals surface area contributed by atoms with Gasteiger partial charge in [0.15, 0.2) is 0 Å². The summed E-state index contributed by atoms with van der Waals surface area (Å²) in [6.45, 7) is 12.0. The predicted octanol–water partition coefficient (Wildman–Crippen LogP) is 4.71. The average Bonchev–Trinajstić information content (AvgIpc) is 2.84. The topological polar surface area (TPSA) is 90.1 Å². The summed E-state index contributed by atoms with van der Waals surface area (Å²) in [7, 11) is 5.11. The van der Waals surface area contributed by atoms with E-state index in [0.717, 1.165) is 27.8 Å². The molecule has 178 valence electrons. The zero-order chi connectivity index (χ0) is 24.5. The summed E-state index contributed by atoms with van der Waals surface area (Å²) in [6.07, 6.45) is 1.80. The molecule has 0 amide bonds. The Morgan fingerprint density at radius 1 is 1.06 bits per heavy atom. The SMILES string of the molecule is C=Cc1ccc(OC)cc1.C=N/C(C(=C)N)=C(/NC)SCNc1ccc(OCCOC)cc1. The van der Waals surface area contributed by atoms with E-state index in [1.54, 1.807) is 20.3 Å². The largest absolute Gasteiger partial charge is 0.497 e. The van der Waals surface area contributed by atoms with Crippen LogP contribution in [-0.2, 0) is 4.74 Å². The third-order valence-electron chi connectivity index (χ3n) is 4.16. The summed E-state index contributed by atoms with van der Waals surface area (Å²) in [4.78, 5) is 3.90. The van der Waals surface area contributed by atoms with E-state index in [0.29, 0.717) is 30.5 Å². The van der Waals surface area contributed by atoms with Crippen LogP contribution in [-0.4, -0.2) is 47.1 Å². The highest BCUT2D eigenvalue weighted by Crippen LogP contribution is 2.22. The van der Waals surface area contributed by atoms with Gasteiger partial charge in [-0.05, 0) is 48.7 Å². The number of thioether (sulfide) groups is 1. The Labute approximate surface area is 201 Å². The summed E-state index contributed by atoms with van der Waals surface area (Å²) in [5.41, 5.74) is 8.75. The molecule has 0 unspecified atom stereocenters. The summed E-state index contributed by atoms with van der Waals surface area (Å²) in [5, 5.41) is 7.17. The first-order chi connectivity index (χ1) is 16.0. The molecule has 8 heteroatoms. The highest BCUT2D eigenvalue weighted by atomic mass is 32.2. The maximum atomic E-state index is 5.69. The van der Waals surface area contributed by atoms with Gasteiger partial charge in [-0.1, -0.05) is 43.1 Å². The fourth-order valence-electron chi connectivity index (χ4n) is 2.42. The van der Waals surface area contributed by atoms with E-state index in [4.69, 9.17) is 19.9 Å². The summed E-state index contributed by atoms with van der Waals surface area (Å²) in [5.74, 6) is 2.34. The minimum absolute atomic E-state index is 0.384. The monoisotopic (exact) mass is 470 g/mol. The summed E-state index contributed by atoms with van der Waals surface area (Å²) >= 11 is 1.53. The number of ether oxygens (including phenoxy) is 3. The molecule has 0 aliphatic rings. The van der Waals surface area contributed by atoms with Crippen LogP contribution < -0.4 is 25.8 Å². The van der Waals surface area contributed by atoms with E-state index >= 15 is 0 Å². The number of anilines is 1. The Bertz CT molecular complexity index is 897. The number of aliphatic imine (C=N–C) groups is 1.